The van der Waals surface area contributed by atoms with Crippen LogP contribution in [0.15, 0.2) is 104 Å². The van der Waals surface area contributed by atoms with E-state index in [0.717, 1.165) is 5.49 Å². The average Bonchev–Trinajstić information content (AvgIpc) is 2.92. The molecule has 0 fully saturated rings. The predicted molar refractivity (Wildman–Crippen MR) is 153 cm³/mol. The van der Waals surface area contributed by atoms with Crippen molar-refractivity contribution in [1.82, 2.24) is 9.13 Å². The van der Waals surface area contributed by atoms with E-state index < -0.39 is 0 Å². The smallest absolute Gasteiger partial charge is 0.350 e. The molecule has 212 valence electrons. The highest BCUT2D eigenvalue weighted by atomic mass is 16.3. The Morgan fingerprint density at radius 2 is 1.41 bits per heavy atom. The molecule has 0 saturated heterocycles. The lowest BCUT2D eigenvalue weighted by Crippen LogP contribution is -2.35. The summed E-state index contributed by atoms with van der Waals surface area (Å²) in [6.07, 6.45) is 7.13. The van der Waals surface area contributed by atoms with Crippen molar-refractivity contribution in [3.8, 4) is 0 Å². The third-order valence-corrected chi connectivity index (χ3v) is 4.64. The Balaban J connectivity index is 0.000000823. The zero-order chi connectivity index (χ0) is 26.7. The second-order valence-electron chi connectivity index (χ2n) is 7.35. The second-order valence-corrected chi connectivity index (χ2v) is 7.35. The number of aromatic nitrogens is 3. The Hall–Kier alpha value is -4.13. The molecule has 0 aliphatic carbocycles. The molecule has 0 amide bonds. The SMILES string of the molecule is C.C.C/C(N=Nc1cccc[n+]1CCO)=N\N=c1/ccccn1CCO.C/C=N\N=c1/ccccn1CCO. The number of aliphatic hydroxyl groups is 3. The maximum atomic E-state index is 9.05. The van der Waals surface area contributed by atoms with Crippen molar-refractivity contribution in [2.24, 2.45) is 30.6 Å². The summed E-state index contributed by atoms with van der Waals surface area (Å²) >= 11 is 0. The third kappa shape index (κ3) is 12.8. The summed E-state index contributed by atoms with van der Waals surface area (Å²) in [5, 5.41) is 51.0. The Kier molecular flexibility index (Phi) is 18.7. The normalized spacial score (nSPS) is 12.2. The molecule has 39 heavy (non-hydrogen) atoms. The standard InChI is InChI=1S/C16H21N6O2.C9H13N3O.2CH4/c1-14(17-19-15-6-2-4-8-21(15)10-12-23)18-20-16-7-3-5-9-22(16)11-13-24;1-2-10-11-9-5-3-4-6-12(9)7-8-13;;/h2-9,23-24H,10-13H2,1H3;2-6,13H,7-8H2,1H3;2*1H4/q+1;;;/b;10-2-,11-9+;;. The molecule has 3 aromatic rings. The second kappa shape index (κ2) is 20.9. The molecule has 0 aromatic carbocycles. The zero-order valence-electron chi connectivity index (χ0n) is 21.1. The van der Waals surface area contributed by atoms with Crippen molar-refractivity contribution < 1.29 is 19.9 Å². The first-order valence-corrected chi connectivity index (χ1v) is 11.8. The van der Waals surface area contributed by atoms with E-state index >= 15 is 0 Å². The highest BCUT2D eigenvalue weighted by molar-refractivity contribution is 5.79. The summed E-state index contributed by atoms with van der Waals surface area (Å²) in [6.45, 7) is 5.10. The fourth-order valence-corrected chi connectivity index (χ4v) is 2.95. The maximum Gasteiger partial charge on any atom is 0.350 e. The quantitative estimate of drug-likeness (QED) is 0.126. The third-order valence-electron chi connectivity index (χ3n) is 4.64. The Morgan fingerprint density at radius 3 is 1.97 bits per heavy atom. The predicted octanol–water partition coefficient (Wildman–Crippen LogP) is 2.44. The van der Waals surface area contributed by atoms with E-state index in [1.165, 1.54) is 0 Å². The van der Waals surface area contributed by atoms with Crippen molar-refractivity contribution in [3.63, 3.8) is 0 Å². The van der Waals surface area contributed by atoms with Gasteiger partial charge in [0.25, 0.3) is 0 Å². The van der Waals surface area contributed by atoms with Gasteiger partial charge in [-0.05, 0) is 42.4 Å². The lowest BCUT2D eigenvalue weighted by molar-refractivity contribution is -0.685. The minimum atomic E-state index is 0. The summed E-state index contributed by atoms with van der Waals surface area (Å²) in [4.78, 5) is 0. The van der Waals surface area contributed by atoms with Crippen LogP contribution in [0.25, 0.3) is 0 Å². The number of hydrogen-bond donors (Lipinski definition) is 3. The van der Waals surface area contributed by atoms with Gasteiger partial charge >= 0.3 is 5.82 Å². The van der Waals surface area contributed by atoms with Crippen molar-refractivity contribution in [3.05, 3.63) is 84.2 Å². The molecular weight excluding hydrogens is 498 g/mol. The molecule has 3 rings (SSSR count). The number of azo groups is 1. The number of pyridine rings is 3. The van der Waals surface area contributed by atoms with E-state index in [1.54, 1.807) is 34.4 Å². The van der Waals surface area contributed by atoms with Gasteiger partial charge < -0.3 is 24.5 Å². The van der Waals surface area contributed by atoms with Crippen LogP contribution in [0.2, 0.25) is 0 Å². The van der Waals surface area contributed by atoms with Crippen LogP contribution in [0.5, 0.6) is 0 Å². The monoisotopic (exact) mass is 540 g/mol. The number of rotatable bonds is 9. The van der Waals surface area contributed by atoms with Crippen molar-refractivity contribution in [1.29, 1.82) is 0 Å². The fourth-order valence-electron chi connectivity index (χ4n) is 2.95. The van der Waals surface area contributed by atoms with Crippen LogP contribution in [0.4, 0.5) is 5.82 Å². The molecule has 0 aliphatic heterocycles. The topological polar surface area (TPSA) is 149 Å². The van der Waals surface area contributed by atoms with Gasteiger partial charge in [0, 0.05) is 44.7 Å². The molecule has 0 bridgehead atoms. The maximum absolute atomic E-state index is 9.05. The average molecular weight is 541 g/mol. The summed E-state index contributed by atoms with van der Waals surface area (Å²) in [5.41, 5.74) is 1.37. The van der Waals surface area contributed by atoms with E-state index in [0.29, 0.717) is 36.8 Å². The van der Waals surface area contributed by atoms with E-state index in [9.17, 15) is 0 Å². The molecule has 3 heterocycles. The van der Waals surface area contributed by atoms with Crippen molar-refractivity contribution in [2.45, 2.75) is 48.3 Å². The van der Waals surface area contributed by atoms with Gasteiger partial charge in [-0.1, -0.05) is 33.1 Å². The van der Waals surface area contributed by atoms with Crippen LogP contribution in [0.3, 0.4) is 0 Å². The molecule has 0 atom stereocenters. The first kappa shape index (κ1) is 34.9. The van der Waals surface area contributed by atoms with Crippen LogP contribution in [0, 0.1) is 0 Å². The fraction of sp³-hybridized carbons (Fsp3) is 0.370. The molecule has 3 aromatic heterocycles. The largest absolute Gasteiger partial charge is 0.395 e. The summed E-state index contributed by atoms with van der Waals surface area (Å²) in [6, 6.07) is 16.7. The molecule has 0 radical (unpaired) electrons. The van der Waals surface area contributed by atoms with Crippen LogP contribution in [0.1, 0.15) is 28.7 Å². The van der Waals surface area contributed by atoms with E-state index in [-0.39, 0.29) is 34.7 Å². The molecule has 3 N–H and O–H groups in total. The van der Waals surface area contributed by atoms with Crippen LogP contribution >= 0.6 is 0 Å². The highest BCUT2D eigenvalue weighted by Gasteiger charge is 2.07. The van der Waals surface area contributed by atoms with Gasteiger partial charge in [-0.25, -0.2) is 4.57 Å². The summed E-state index contributed by atoms with van der Waals surface area (Å²) < 4.78 is 5.42. The Morgan fingerprint density at radius 1 is 0.821 bits per heavy atom. The van der Waals surface area contributed by atoms with Crippen LogP contribution in [-0.2, 0) is 19.6 Å². The number of hydrogen-bond acceptors (Lipinski definition) is 8. The molecule has 0 saturated carbocycles. The molecule has 12 heteroatoms. The molecule has 0 unspecified atom stereocenters. The Bertz CT molecular complexity index is 1310. The Labute approximate surface area is 230 Å². The number of amidine groups is 1. The van der Waals surface area contributed by atoms with Crippen LogP contribution in [-0.4, -0.2) is 56.3 Å². The van der Waals surface area contributed by atoms with Gasteiger partial charge in [-0.15, -0.1) is 15.3 Å². The molecule has 0 aliphatic rings. The lowest BCUT2D eigenvalue weighted by atomic mass is 10.4. The van der Waals surface area contributed by atoms with E-state index in [1.807, 2.05) is 72.5 Å². The van der Waals surface area contributed by atoms with E-state index in [2.05, 4.69) is 30.6 Å². The minimum Gasteiger partial charge on any atom is -0.395 e. The van der Waals surface area contributed by atoms with Gasteiger partial charge in [0.1, 0.15) is 6.54 Å². The summed E-state index contributed by atoms with van der Waals surface area (Å²) in [5.74, 6) is 1.02. The summed E-state index contributed by atoms with van der Waals surface area (Å²) in [7, 11) is 0. The van der Waals surface area contributed by atoms with Gasteiger partial charge in [0.15, 0.2) is 16.8 Å². The first-order valence-electron chi connectivity index (χ1n) is 11.8. The lowest BCUT2D eigenvalue weighted by Gasteiger charge is -2.02. The van der Waals surface area contributed by atoms with Gasteiger partial charge in [0.05, 0.1) is 31.1 Å². The highest BCUT2D eigenvalue weighted by Crippen LogP contribution is 2.04. The van der Waals surface area contributed by atoms with Crippen molar-refractivity contribution in [2.75, 3.05) is 19.8 Å². The van der Waals surface area contributed by atoms with Gasteiger partial charge in [0.2, 0.25) is 0 Å². The number of nitrogens with zero attached hydrogens (tertiary/aromatic N) is 9. The number of aliphatic hydroxyl groups excluding tert-OH is 3. The van der Waals surface area contributed by atoms with Crippen molar-refractivity contribution >= 4 is 17.9 Å². The molecule has 0 spiro atoms. The van der Waals surface area contributed by atoms with E-state index in [4.69, 9.17) is 15.3 Å². The molecule has 12 nitrogen and oxygen atoms in total. The first-order chi connectivity index (χ1) is 18.1. The van der Waals surface area contributed by atoms with Gasteiger partial charge in [-0.2, -0.15) is 5.10 Å². The van der Waals surface area contributed by atoms with Gasteiger partial charge in [-0.3, -0.25) is 0 Å². The molecular formula is C27H42N9O3+. The minimum absolute atomic E-state index is 0. The van der Waals surface area contributed by atoms with Crippen LogP contribution < -0.4 is 15.5 Å². The zero-order valence-corrected chi connectivity index (χ0v) is 21.1.